The van der Waals surface area contributed by atoms with Gasteiger partial charge in [0.15, 0.2) is 0 Å². The summed E-state index contributed by atoms with van der Waals surface area (Å²) in [4.78, 5) is 4.48. The lowest BCUT2D eigenvalue weighted by Gasteiger charge is -2.10. The number of hydrogen-bond acceptors (Lipinski definition) is 2. The van der Waals surface area contributed by atoms with Crippen LogP contribution in [-0.2, 0) is 0 Å². The molecule has 2 aromatic rings. The summed E-state index contributed by atoms with van der Waals surface area (Å²) >= 11 is 13.2. The Bertz CT molecular complexity index is 572. The molecule has 0 N–H and O–H groups in total. The fourth-order valence-corrected chi connectivity index (χ4v) is 2.85. The Morgan fingerprint density at radius 1 is 1.25 bits per heavy atom. The summed E-state index contributed by atoms with van der Waals surface area (Å²) in [5.74, 6) is 0.718. The maximum absolute atomic E-state index is 6.17. The van der Waals surface area contributed by atoms with E-state index in [2.05, 4.69) is 36.8 Å². The highest BCUT2D eigenvalue weighted by Crippen LogP contribution is 2.39. The number of ether oxygens (including phenoxy) is 1. The lowest BCUT2D eigenvalue weighted by Crippen LogP contribution is -1.93. The number of fused-ring (bicyclic) bond motifs is 1. The Morgan fingerprint density at radius 3 is 2.56 bits per heavy atom. The molecule has 1 heterocycles. The van der Waals surface area contributed by atoms with Crippen molar-refractivity contribution in [3.05, 3.63) is 31.8 Å². The quantitative estimate of drug-likeness (QED) is 0.729. The number of aryl methyl sites for hydroxylation is 1. The van der Waals surface area contributed by atoms with E-state index in [1.165, 1.54) is 0 Å². The Morgan fingerprint density at radius 2 is 1.94 bits per heavy atom. The zero-order valence-electron chi connectivity index (χ0n) is 8.64. The number of benzene rings is 1. The first kappa shape index (κ1) is 12.1. The first-order valence-corrected chi connectivity index (χ1v) is 6.50. The first-order valence-electron chi connectivity index (χ1n) is 4.54. The zero-order chi connectivity index (χ0) is 11.9. The third-order valence-electron chi connectivity index (χ3n) is 2.32. The second-order valence-electron chi connectivity index (χ2n) is 3.30. The van der Waals surface area contributed by atoms with Crippen molar-refractivity contribution in [2.45, 2.75) is 6.92 Å². The molecule has 16 heavy (non-hydrogen) atoms. The van der Waals surface area contributed by atoms with Crippen LogP contribution in [0.3, 0.4) is 0 Å². The SMILES string of the molecule is COc1ccc(Cl)c2c(Br)c(Br)c(C)nc12. The van der Waals surface area contributed by atoms with Crippen molar-refractivity contribution in [1.82, 2.24) is 4.98 Å². The standard InChI is InChI=1S/C11H8Br2ClNO/c1-5-9(12)10(13)8-6(14)3-4-7(16-2)11(8)15-5/h3-4H,1-2H3. The minimum Gasteiger partial charge on any atom is -0.494 e. The van der Waals surface area contributed by atoms with Crippen LogP contribution in [-0.4, -0.2) is 12.1 Å². The number of rotatable bonds is 1. The summed E-state index contributed by atoms with van der Waals surface area (Å²) < 4.78 is 7.09. The van der Waals surface area contributed by atoms with Crippen LogP contribution in [0.25, 0.3) is 10.9 Å². The van der Waals surface area contributed by atoms with Gasteiger partial charge in [-0.05, 0) is 50.9 Å². The van der Waals surface area contributed by atoms with E-state index in [-0.39, 0.29) is 0 Å². The molecule has 0 atom stereocenters. The van der Waals surface area contributed by atoms with Crippen LogP contribution in [0.1, 0.15) is 5.69 Å². The van der Waals surface area contributed by atoms with Crippen molar-refractivity contribution < 1.29 is 4.74 Å². The molecule has 0 aliphatic rings. The minimum absolute atomic E-state index is 0.649. The summed E-state index contributed by atoms with van der Waals surface area (Å²) in [6.45, 7) is 1.93. The molecular weight excluding hydrogens is 357 g/mol. The molecule has 0 saturated carbocycles. The van der Waals surface area contributed by atoms with Crippen molar-refractivity contribution in [1.29, 1.82) is 0 Å². The van der Waals surface area contributed by atoms with Crippen LogP contribution in [0.4, 0.5) is 0 Å². The maximum atomic E-state index is 6.17. The second kappa shape index (κ2) is 4.51. The van der Waals surface area contributed by atoms with Gasteiger partial charge in [0.25, 0.3) is 0 Å². The number of hydrogen-bond donors (Lipinski definition) is 0. The fraction of sp³-hybridized carbons (Fsp3) is 0.182. The van der Waals surface area contributed by atoms with Gasteiger partial charge in [-0.1, -0.05) is 11.6 Å². The molecule has 0 aliphatic carbocycles. The average Bonchev–Trinajstić information content (AvgIpc) is 2.26. The van der Waals surface area contributed by atoms with Gasteiger partial charge in [0, 0.05) is 9.86 Å². The Labute approximate surface area is 115 Å². The van der Waals surface area contributed by atoms with Gasteiger partial charge in [-0.15, -0.1) is 0 Å². The molecule has 0 amide bonds. The first-order chi connectivity index (χ1) is 7.56. The summed E-state index contributed by atoms with van der Waals surface area (Å²) in [5.41, 5.74) is 1.66. The van der Waals surface area contributed by atoms with Gasteiger partial charge in [0.1, 0.15) is 11.3 Å². The van der Waals surface area contributed by atoms with E-state index in [4.69, 9.17) is 16.3 Å². The van der Waals surface area contributed by atoms with Gasteiger partial charge >= 0.3 is 0 Å². The highest BCUT2D eigenvalue weighted by molar-refractivity contribution is 9.13. The molecule has 0 unspecified atom stereocenters. The topological polar surface area (TPSA) is 22.1 Å². The molecule has 84 valence electrons. The third-order valence-corrected chi connectivity index (χ3v) is 4.93. The smallest absolute Gasteiger partial charge is 0.145 e. The molecule has 0 bridgehead atoms. The van der Waals surface area contributed by atoms with Crippen molar-refractivity contribution in [3.63, 3.8) is 0 Å². The highest BCUT2D eigenvalue weighted by Gasteiger charge is 2.14. The summed E-state index contributed by atoms with van der Waals surface area (Å²) in [5, 5.41) is 1.51. The van der Waals surface area contributed by atoms with Crippen LogP contribution >= 0.6 is 43.5 Å². The van der Waals surface area contributed by atoms with Gasteiger partial charge in [0.2, 0.25) is 0 Å². The summed E-state index contributed by atoms with van der Waals surface area (Å²) in [6, 6.07) is 3.62. The van der Waals surface area contributed by atoms with Gasteiger partial charge in [-0.25, -0.2) is 4.98 Å². The van der Waals surface area contributed by atoms with Gasteiger partial charge in [-0.2, -0.15) is 0 Å². The molecule has 5 heteroatoms. The minimum atomic E-state index is 0.649. The van der Waals surface area contributed by atoms with E-state index in [1.807, 2.05) is 13.0 Å². The fourth-order valence-electron chi connectivity index (χ4n) is 1.52. The van der Waals surface area contributed by atoms with Crippen molar-refractivity contribution in [2.24, 2.45) is 0 Å². The third kappa shape index (κ3) is 1.83. The van der Waals surface area contributed by atoms with Gasteiger partial charge in [0.05, 0.1) is 22.3 Å². The monoisotopic (exact) mass is 363 g/mol. The van der Waals surface area contributed by atoms with E-state index in [0.717, 1.165) is 31.3 Å². The maximum Gasteiger partial charge on any atom is 0.145 e. The molecule has 0 spiro atoms. The van der Waals surface area contributed by atoms with Crippen LogP contribution in [0.15, 0.2) is 21.1 Å². The number of methoxy groups -OCH3 is 1. The Kier molecular flexibility index (Phi) is 3.42. The number of halogens is 3. The predicted octanol–water partition coefficient (Wildman–Crippen LogP) is 4.73. The van der Waals surface area contributed by atoms with E-state index >= 15 is 0 Å². The van der Waals surface area contributed by atoms with Crippen molar-refractivity contribution in [3.8, 4) is 5.75 Å². The Hall–Kier alpha value is -0.320. The lowest BCUT2D eigenvalue weighted by molar-refractivity contribution is 0.419. The van der Waals surface area contributed by atoms with Crippen LogP contribution in [0, 0.1) is 6.92 Å². The van der Waals surface area contributed by atoms with E-state index in [0.29, 0.717) is 5.02 Å². The molecule has 1 aromatic carbocycles. The summed E-state index contributed by atoms with van der Waals surface area (Å²) in [7, 11) is 1.62. The highest BCUT2D eigenvalue weighted by atomic mass is 79.9. The van der Waals surface area contributed by atoms with Crippen LogP contribution < -0.4 is 4.74 Å². The van der Waals surface area contributed by atoms with Gasteiger partial charge < -0.3 is 4.74 Å². The number of pyridine rings is 1. The molecule has 1 aromatic heterocycles. The molecule has 2 rings (SSSR count). The van der Waals surface area contributed by atoms with Crippen molar-refractivity contribution >= 4 is 54.4 Å². The molecule has 0 radical (unpaired) electrons. The normalized spacial score (nSPS) is 10.8. The molecule has 0 fully saturated rings. The Balaban J connectivity index is 2.98. The molecular formula is C11H8Br2ClNO. The zero-order valence-corrected chi connectivity index (χ0v) is 12.6. The van der Waals surface area contributed by atoms with E-state index < -0.39 is 0 Å². The van der Waals surface area contributed by atoms with E-state index in [9.17, 15) is 0 Å². The van der Waals surface area contributed by atoms with Crippen LogP contribution in [0.2, 0.25) is 5.02 Å². The largest absolute Gasteiger partial charge is 0.494 e. The second-order valence-corrected chi connectivity index (χ2v) is 5.29. The summed E-state index contributed by atoms with van der Waals surface area (Å²) in [6.07, 6.45) is 0. The van der Waals surface area contributed by atoms with Crippen LogP contribution in [0.5, 0.6) is 5.75 Å². The molecule has 0 saturated heterocycles. The molecule has 2 nitrogen and oxygen atoms in total. The average molecular weight is 365 g/mol. The lowest BCUT2D eigenvalue weighted by atomic mass is 10.2. The van der Waals surface area contributed by atoms with Crippen molar-refractivity contribution in [2.75, 3.05) is 7.11 Å². The molecule has 0 aliphatic heterocycles. The van der Waals surface area contributed by atoms with Gasteiger partial charge in [-0.3, -0.25) is 0 Å². The number of nitrogens with zero attached hydrogens (tertiary/aromatic N) is 1. The van der Waals surface area contributed by atoms with E-state index in [1.54, 1.807) is 13.2 Å². The number of aromatic nitrogens is 1. The predicted molar refractivity (Wildman–Crippen MR) is 73.4 cm³/mol.